The van der Waals surface area contributed by atoms with Crippen molar-refractivity contribution >= 4 is 12.1 Å². The third kappa shape index (κ3) is 4.91. The number of carbonyl (C=O) groups is 2. The Bertz CT molecular complexity index is 999. The van der Waals surface area contributed by atoms with Crippen molar-refractivity contribution in [3.05, 3.63) is 65.7 Å². The zero-order chi connectivity index (χ0) is 23.8. The van der Waals surface area contributed by atoms with Crippen LogP contribution in [0.3, 0.4) is 0 Å². The number of benzene rings is 2. The smallest absolute Gasteiger partial charge is 0.408 e. The van der Waals surface area contributed by atoms with Crippen molar-refractivity contribution in [3.63, 3.8) is 0 Å². The maximum Gasteiger partial charge on any atom is 0.408 e. The number of alkyl carbamates (subject to hydrolysis) is 1. The van der Waals surface area contributed by atoms with E-state index in [4.69, 9.17) is 9.47 Å². The van der Waals surface area contributed by atoms with Gasteiger partial charge in [-0.15, -0.1) is 0 Å². The number of hydrogen-bond acceptors (Lipinski definition) is 4. The molecule has 2 aromatic carbocycles. The second-order valence-corrected chi connectivity index (χ2v) is 10.8. The SMILES string of the molecule is CC(Cc1ccc(OCc2ccccc2)cc1)(NC(=O)OC12CC3CC(CC(C3)C1)C2)C(=O)O. The van der Waals surface area contributed by atoms with Crippen LogP contribution in [0.1, 0.15) is 56.6 Å². The quantitative estimate of drug-likeness (QED) is 0.552. The molecule has 2 aromatic rings. The van der Waals surface area contributed by atoms with E-state index in [1.807, 2.05) is 54.6 Å². The number of rotatable bonds is 8. The fraction of sp³-hybridized carbons (Fsp3) is 0.500. The first-order chi connectivity index (χ1) is 16.3. The number of carboxylic acid groups (broad SMARTS) is 1. The van der Waals surface area contributed by atoms with E-state index in [1.165, 1.54) is 26.2 Å². The van der Waals surface area contributed by atoms with Gasteiger partial charge >= 0.3 is 12.1 Å². The first-order valence-corrected chi connectivity index (χ1v) is 12.3. The largest absolute Gasteiger partial charge is 0.489 e. The molecule has 1 amide bonds. The molecule has 4 bridgehead atoms. The van der Waals surface area contributed by atoms with Gasteiger partial charge < -0.3 is 19.9 Å². The summed E-state index contributed by atoms with van der Waals surface area (Å²) in [5.41, 5.74) is 0.000680. The topological polar surface area (TPSA) is 84.9 Å². The van der Waals surface area contributed by atoms with Crippen LogP contribution in [0, 0.1) is 17.8 Å². The van der Waals surface area contributed by atoms with E-state index >= 15 is 0 Å². The predicted molar refractivity (Wildman–Crippen MR) is 127 cm³/mol. The number of amides is 1. The molecule has 0 heterocycles. The molecule has 0 aromatic heterocycles. The Labute approximate surface area is 200 Å². The molecule has 1 unspecified atom stereocenters. The number of carboxylic acids is 1. The molecule has 6 rings (SSSR count). The van der Waals surface area contributed by atoms with E-state index in [-0.39, 0.29) is 6.42 Å². The van der Waals surface area contributed by atoms with Gasteiger partial charge in [0.15, 0.2) is 0 Å². The molecular weight excluding hydrogens is 430 g/mol. The lowest BCUT2D eigenvalue weighted by Gasteiger charge is -2.55. The third-order valence-electron chi connectivity index (χ3n) is 7.87. The second kappa shape index (κ2) is 8.97. The van der Waals surface area contributed by atoms with E-state index in [9.17, 15) is 14.7 Å². The lowest BCUT2D eigenvalue weighted by Crippen LogP contribution is -2.58. The highest BCUT2D eigenvalue weighted by molar-refractivity contribution is 5.84. The zero-order valence-corrected chi connectivity index (χ0v) is 19.7. The average Bonchev–Trinajstić information content (AvgIpc) is 2.78. The van der Waals surface area contributed by atoms with Crippen molar-refractivity contribution in [2.45, 2.75) is 69.6 Å². The average molecular weight is 464 g/mol. The summed E-state index contributed by atoms with van der Waals surface area (Å²) in [4.78, 5) is 25.1. The number of carbonyl (C=O) groups excluding carboxylic acids is 1. The van der Waals surface area contributed by atoms with Crippen molar-refractivity contribution < 1.29 is 24.2 Å². The molecule has 2 N–H and O–H groups in total. The lowest BCUT2D eigenvalue weighted by molar-refractivity contribution is -0.146. The van der Waals surface area contributed by atoms with Crippen LogP contribution in [0.25, 0.3) is 0 Å². The second-order valence-electron chi connectivity index (χ2n) is 10.8. The summed E-state index contributed by atoms with van der Waals surface area (Å²) >= 11 is 0. The minimum atomic E-state index is -1.47. The Morgan fingerprint density at radius 3 is 2.09 bits per heavy atom. The van der Waals surface area contributed by atoms with Gasteiger partial charge in [-0.3, -0.25) is 0 Å². The molecule has 0 spiro atoms. The molecule has 6 heteroatoms. The van der Waals surface area contributed by atoms with Crippen LogP contribution >= 0.6 is 0 Å². The molecule has 0 radical (unpaired) electrons. The molecule has 0 saturated heterocycles. The predicted octanol–water partition coefficient (Wildman–Crippen LogP) is 5.35. The first kappa shape index (κ1) is 22.8. The minimum absolute atomic E-state index is 0.150. The monoisotopic (exact) mass is 463 g/mol. The van der Waals surface area contributed by atoms with Gasteiger partial charge in [-0.25, -0.2) is 9.59 Å². The lowest BCUT2D eigenvalue weighted by atomic mass is 9.54. The minimum Gasteiger partial charge on any atom is -0.489 e. The third-order valence-corrected chi connectivity index (χ3v) is 7.87. The highest BCUT2D eigenvalue weighted by Crippen LogP contribution is 2.57. The highest BCUT2D eigenvalue weighted by Gasteiger charge is 2.53. The van der Waals surface area contributed by atoms with Crippen molar-refractivity contribution in [3.8, 4) is 5.75 Å². The number of ether oxygens (including phenoxy) is 2. The Morgan fingerprint density at radius 1 is 0.941 bits per heavy atom. The first-order valence-electron chi connectivity index (χ1n) is 12.3. The molecule has 4 aliphatic rings. The molecule has 4 fully saturated rings. The summed E-state index contributed by atoms with van der Waals surface area (Å²) in [6, 6.07) is 17.2. The molecule has 4 saturated carbocycles. The van der Waals surface area contributed by atoms with E-state index in [1.54, 1.807) is 0 Å². The molecular formula is C28H33NO5. The van der Waals surface area contributed by atoms with Gasteiger partial charge in [0.2, 0.25) is 0 Å². The maximum atomic E-state index is 12.9. The Morgan fingerprint density at radius 2 is 1.53 bits per heavy atom. The van der Waals surface area contributed by atoms with E-state index in [0.29, 0.717) is 30.1 Å². The van der Waals surface area contributed by atoms with Crippen molar-refractivity contribution in [2.24, 2.45) is 17.8 Å². The zero-order valence-electron chi connectivity index (χ0n) is 19.7. The summed E-state index contributed by atoms with van der Waals surface area (Å²) < 4.78 is 11.8. The van der Waals surface area contributed by atoms with Crippen molar-refractivity contribution in [1.29, 1.82) is 0 Å². The summed E-state index contributed by atoms with van der Waals surface area (Å²) in [7, 11) is 0. The van der Waals surface area contributed by atoms with Gasteiger partial charge in [0.25, 0.3) is 0 Å². The fourth-order valence-electron chi connectivity index (χ4n) is 6.63. The number of nitrogens with one attached hydrogen (secondary N) is 1. The maximum absolute atomic E-state index is 12.9. The summed E-state index contributed by atoms with van der Waals surface area (Å²) in [6.07, 6.45) is 6.04. The number of aliphatic carboxylic acids is 1. The van der Waals surface area contributed by atoms with Gasteiger partial charge in [0.1, 0.15) is 23.5 Å². The molecule has 6 nitrogen and oxygen atoms in total. The number of hydrogen-bond donors (Lipinski definition) is 2. The van der Waals surface area contributed by atoms with Crippen LogP contribution in [0.15, 0.2) is 54.6 Å². The molecule has 34 heavy (non-hydrogen) atoms. The van der Waals surface area contributed by atoms with Gasteiger partial charge in [-0.1, -0.05) is 42.5 Å². The summed E-state index contributed by atoms with van der Waals surface area (Å²) in [5.74, 6) is 1.56. The van der Waals surface area contributed by atoms with Crippen LogP contribution in [-0.2, 0) is 22.6 Å². The van der Waals surface area contributed by atoms with E-state index < -0.39 is 23.2 Å². The van der Waals surface area contributed by atoms with Gasteiger partial charge in [0.05, 0.1) is 0 Å². The summed E-state index contributed by atoms with van der Waals surface area (Å²) in [6.45, 7) is 2.00. The Balaban J connectivity index is 1.20. The van der Waals surface area contributed by atoms with Crippen molar-refractivity contribution in [2.75, 3.05) is 0 Å². The van der Waals surface area contributed by atoms with Gasteiger partial charge in [0, 0.05) is 6.42 Å². The Kier molecular flexibility index (Phi) is 6.00. The van der Waals surface area contributed by atoms with Gasteiger partial charge in [-0.05, 0) is 86.5 Å². The molecule has 0 aliphatic heterocycles. The van der Waals surface area contributed by atoms with Crippen LogP contribution in [0.2, 0.25) is 0 Å². The van der Waals surface area contributed by atoms with E-state index in [0.717, 1.165) is 30.4 Å². The fourth-order valence-corrected chi connectivity index (χ4v) is 6.63. The standard InChI is InChI=1S/C28H33NO5/c1-27(25(30)31,14-19-7-9-24(10-8-19)33-18-20-5-3-2-4-6-20)29-26(32)34-28-15-21-11-22(16-28)13-23(12-21)17-28/h2-10,21-23H,11-18H2,1H3,(H,29,32)(H,30,31). The van der Waals surface area contributed by atoms with Crippen LogP contribution in [0.5, 0.6) is 5.75 Å². The van der Waals surface area contributed by atoms with Crippen LogP contribution in [0.4, 0.5) is 4.79 Å². The van der Waals surface area contributed by atoms with Crippen LogP contribution in [-0.4, -0.2) is 28.3 Å². The van der Waals surface area contributed by atoms with Crippen molar-refractivity contribution in [1.82, 2.24) is 5.32 Å². The van der Waals surface area contributed by atoms with E-state index in [2.05, 4.69) is 5.32 Å². The molecule has 180 valence electrons. The van der Waals surface area contributed by atoms with Gasteiger partial charge in [-0.2, -0.15) is 0 Å². The van der Waals surface area contributed by atoms with Crippen LogP contribution < -0.4 is 10.1 Å². The molecule has 4 aliphatic carbocycles. The Hall–Kier alpha value is -3.02. The molecule has 1 atom stereocenters. The summed E-state index contributed by atoms with van der Waals surface area (Å²) in [5, 5.41) is 12.6. The normalized spacial score (nSPS) is 28.7. The highest BCUT2D eigenvalue weighted by atomic mass is 16.6.